The zero-order chi connectivity index (χ0) is 10.0. The maximum Gasteiger partial charge on any atom is 0.0783 e. The summed E-state index contributed by atoms with van der Waals surface area (Å²) in [7, 11) is 0. The first kappa shape index (κ1) is 10.8. The highest BCUT2D eigenvalue weighted by molar-refractivity contribution is 5.15. The van der Waals surface area contributed by atoms with E-state index in [0.29, 0.717) is 17.8 Å². The van der Waals surface area contributed by atoms with Crippen molar-refractivity contribution in [3.05, 3.63) is 11.6 Å². The van der Waals surface area contributed by atoms with Gasteiger partial charge in [-0.15, -0.1) is 0 Å². The Morgan fingerprint density at radius 2 is 1.92 bits per heavy atom. The summed E-state index contributed by atoms with van der Waals surface area (Å²) in [5.74, 6) is 1.57. The second-order valence-electron chi connectivity index (χ2n) is 4.79. The van der Waals surface area contributed by atoms with E-state index in [9.17, 15) is 5.11 Å². The smallest absolute Gasteiger partial charge is 0.0783 e. The van der Waals surface area contributed by atoms with Gasteiger partial charge in [0.15, 0.2) is 0 Å². The molecular weight excluding hydrogens is 160 g/mol. The molecule has 0 aliphatic heterocycles. The molecule has 1 aliphatic carbocycles. The molecule has 1 aliphatic rings. The van der Waals surface area contributed by atoms with Crippen LogP contribution in [0.1, 0.15) is 40.5 Å². The minimum atomic E-state index is -0.186. The van der Waals surface area contributed by atoms with E-state index in [1.165, 1.54) is 5.57 Å². The lowest BCUT2D eigenvalue weighted by Gasteiger charge is -2.33. The van der Waals surface area contributed by atoms with Gasteiger partial charge in [-0.05, 0) is 36.2 Å². The standard InChI is InChI=1S/C12H22O/c1-8(2)10-6-5-7-11(9(3)4)12(10)13/h6,8-9,11-13H,5,7H2,1-4H3. The van der Waals surface area contributed by atoms with Gasteiger partial charge in [-0.3, -0.25) is 0 Å². The van der Waals surface area contributed by atoms with Crippen molar-refractivity contribution in [2.45, 2.75) is 46.6 Å². The molecule has 0 bridgehead atoms. The Kier molecular flexibility index (Phi) is 3.55. The highest BCUT2D eigenvalue weighted by Crippen LogP contribution is 2.33. The third kappa shape index (κ3) is 2.34. The lowest BCUT2D eigenvalue weighted by atomic mass is 9.76. The van der Waals surface area contributed by atoms with Gasteiger partial charge in [0.2, 0.25) is 0 Å². The van der Waals surface area contributed by atoms with E-state index >= 15 is 0 Å². The maximum atomic E-state index is 10.1. The lowest BCUT2D eigenvalue weighted by Crippen LogP contribution is -2.31. The third-order valence-corrected chi connectivity index (χ3v) is 3.15. The molecule has 2 atom stereocenters. The Labute approximate surface area is 81.9 Å². The fourth-order valence-corrected chi connectivity index (χ4v) is 2.24. The van der Waals surface area contributed by atoms with Crippen LogP contribution in [0.5, 0.6) is 0 Å². The van der Waals surface area contributed by atoms with Crippen molar-refractivity contribution in [1.29, 1.82) is 0 Å². The van der Waals surface area contributed by atoms with Crippen molar-refractivity contribution in [2.24, 2.45) is 17.8 Å². The first-order valence-corrected chi connectivity index (χ1v) is 5.42. The van der Waals surface area contributed by atoms with Crippen molar-refractivity contribution in [3.63, 3.8) is 0 Å². The molecule has 0 aromatic rings. The van der Waals surface area contributed by atoms with Crippen LogP contribution >= 0.6 is 0 Å². The van der Waals surface area contributed by atoms with Gasteiger partial charge in [0.05, 0.1) is 6.10 Å². The summed E-state index contributed by atoms with van der Waals surface area (Å²) < 4.78 is 0. The monoisotopic (exact) mass is 182 g/mol. The van der Waals surface area contributed by atoms with Crippen LogP contribution in [0.25, 0.3) is 0 Å². The van der Waals surface area contributed by atoms with Crippen molar-refractivity contribution < 1.29 is 5.11 Å². The molecule has 0 aromatic carbocycles. The Morgan fingerprint density at radius 1 is 1.31 bits per heavy atom. The van der Waals surface area contributed by atoms with Gasteiger partial charge in [-0.25, -0.2) is 0 Å². The van der Waals surface area contributed by atoms with Crippen LogP contribution in [0.2, 0.25) is 0 Å². The number of hydrogen-bond acceptors (Lipinski definition) is 1. The predicted molar refractivity (Wildman–Crippen MR) is 56.5 cm³/mol. The highest BCUT2D eigenvalue weighted by Gasteiger charge is 2.29. The Morgan fingerprint density at radius 3 is 2.38 bits per heavy atom. The van der Waals surface area contributed by atoms with Crippen molar-refractivity contribution in [1.82, 2.24) is 0 Å². The van der Waals surface area contributed by atoms with Crippen LogP contribution in [0, 0.1) is 17.8 Å². The van der Waals surface area contributed by atoms with E-state index in [4.69, 9.17) is 0 Å². The summed E-state index contributed by atoms with van der Waals surface area (Å²) in [5, 5.41) is 10.1. The quantitative estimate of drug-likeness (QED) is 0.651. The molecule has 0 fully saturated rings. The largest absolute Gasteiger partial charge is 0.388 e. The Bertz CT molecular complexity index is 191. The fraction of sp³-hybridized carbons (Fsp3) is 0.833. The lowest BCUT2D eigenvalue weighted by molar-refractivity contribution is 0.0914. The molecule has 0 heterocycles. The van der Waals surface area contributed by atoms with Crippen LogP contribution in [0.3, 0.4) is 0 Å². The summed E-state index contributed by atoms with van der Waals surface area (Å²) >= 11 is 0. The molecule has 13 heavy (non-hydrogen) atoms. The Balaban J connectivity index is 2.73. The minimum absolute atomic E-state index is 0.186. The van der Waals surface area contributed by atoms with Gasteiger partial charge >= 0.3 is 0 Å². The van der Waals surface area contributed by atoms with Crippen LogP contribution < -0.4 is 0 Å². The Hall–Kier alpha value is -0.300. The van der Waals surface area contributed by atoms with Gasteiger partial charge in [0.1, 0.15) is 0 Å². The minimum Gasteiger partial charge on any atom is -0.388 e. The molecule has 0 saturated carbocycles. The summed E-state index contributed by atoms with van der Waals surface area (Å²) in [6, 6.07) is 0. The van der Waals surface area contributed by atoms with E-state index in [-0.39, 0.29) is 6.10 Å². The average Bonchev–Trinajstić information content (AvgIpc) is 2.03. The summed E-state index contributed by atoms with van der Waals surface area (Å²) in [6.45, 7) is 8.74. The van der Waals surface area contributed by atoms with E-state index in [0.717, 1.165) is 12.8 Å². The fourth-order valence-electron chi connectivity index (χ4n) is 2.24. The number of aliphatic hydroxyl groups is 1. The number of allylic oxidation sites excluding steroid dienone is 1. The molecule has 0 amide bonds. The van der Waals surface area contributed by atoms with Crippen LogP contribution in [0.4, 0.5) is 0 Å². The van der Waals surface area contributed by atoms with Gasteiger partial charge in [-0.1, -0.05) is 33.8 Å². The average molecular weight is 182 g/mol. The van der Waals surface area contributed by atoms with Crippen LogP contribution in [0.15, 0.2) is 11.6 Å². The number of aliphatic hydroxyl groups excluding tert-OH is 1. The SMILES string of the molecule is CC(C)C1=CCCC(C(C)C)C1O. The summed E-state index contributed by atoms with van der Waals surface area (Å²) in [6.07, 6.45) is 4.34. The number of rotatable bonds is 2. The normalized spacial score (nSPS) is 29.6. The zero-order valence-electron chi connectivity index (χ0n) is 9.25. The molecule has 2 unspecified atom stereocenters. The van der Waals surface area contributed by atoms with Gasteiger partial charge in [0.25, 0.3) is 0 Å². The van der Waals surface area contributed by atoms with Gasteiger partial charge < -0.3 is 5.11 Å². The molecule has 1 heteroatoms. The second kappa shape index (κ2) is 4.28. The first-order valence-electron chi connectivity index (χ1n) is 5.42. The van der Waals surface area contributed by atoms with Crippen LogP contribution in [-0.2, 0) is 0 Å². The van der Waals surface area contributed by atoms with E-state index < -0.39 is 0 Å². The van der Waals surface area contributed by atoms with E-state index in [2.05, 4.69) is 33.8 Å². The summed E-state index contributed by atoms with van der Waals surface area (Å²) in [4.78, 5) is 0. The number of hydrogen-bond donors (Lipinski definition) is 1. The van der Waals surface area contributed by atoms with Crippen molar-refractivity contribution >= 4 is 0 Å². The third-order valence-electron chi connectivity index (χ3n) is 3.15. The van der Waals surface area contributed by atoms with Gasteiger partial charge in [0, 0.05) is 0 Å². The molecular formula is C12H22O. The zero-order valence-corrected chi connectivity index (χ0v) is 9.25. The van der Waals surface area contributed by atoms with Gasteiger partial charge in [-0.2, -0.15) is 0 Å². The molecule has 0 saturated heterocycles. The van der Waals surface area contributed by atoms with E-state index in [1.807, 2.05) is 0 Å². The molecule has 1 nitrogen and oxygen atoms in total. The summed E-state index contributed by atoms with van der Waals surface area (Å²) in [5.41, 5.74) is 1.25. The topological polar surface area (TPSA) is 20.2 Å². The molecule has 1 N–H and O–H groups in total. The molecule has 0 radical (unpaired) electrons. The molecule has 0 spiro atoms. The second-order valence-corrected chi connectivity index (χ2v) is 4.79. The van der Waals surface area contributed by atoms with E-state index in [1.54, 1.807) is 0 Å². The molecule has 1 rings (SSSR count). The first-order chi connectivity index (χ1) is 6.04. The van der Waals surface area contributed by atoms with Crippen LogP contribution in [-0.4, -0.2) is 11.2 Å². The molecule has 0 aromatic heterocycles. The maximum absolute atomic E-state index is 10.1. The predicted octanol–water partition coefficient (Wildman–Crippen LogP) is 3.00. The van der Waals surface area contributed by atoms with Crippen molar-refractivity contribution in [2.75, 3.05) is 0 Å². The molecule has 76 valence electrons. The highest BCUT2D eigenvalue weighted by atomic mass is 16.3. The van der Waals surface area contributed by atoms with Crippen molar-refractivity contribution in [3.8, 4) is 0 Å².